The van der Waals surface area contributed by atoms with Gasteiger partial charge in [0.1, 0.15) is 6.61 Å². The van der Waals surface area contributed by atoms with Gasteiger partial charge in [0.15, 0.2) is 5.75 Å². The van der Waals surface area contributed by atoms with E-state index in [0.717, 1.165) is 39.1 Å². The zero-order valence-electron chi connectivity index (χ0n) is 17.5. The van der Waals surface area contributed by atoms with E-state index in [9.17, 15) is 4.79 Å². The summed E-state index contributed by atoms with van der Waals surface area (Å²) in [6, 6.07) is 15.9. The molecule has 1 N–H and O–H groups in total. The molecule has 162 valence electrons. The van der Waals surface area contributed by atoms with Crippen LogP contribution in [0.4, 0.5) is 11.4 Å². The Kier molecular flexibility index (Phi) is 8.81. The Labute approximate surface area is 183 Å². The zero-order valence-corrected chi connectivity index (χ0v) is 18.2. The number of para-hydroxylation sites is 2. The molecule has 1 aliphatic rings. The van der Waals surface area contributed by atoms with Crippen LogP contribution in [0, 0.1) is 0 Å². The first-order valence-electron chi connectivity index (χ1n) is 10.4. The number of rotatable bonds is 10. The third-order valence-electron chi connectivity index (χ3n) is 5.15. The van der Waals surface area contributed by atoms with Crippen molar-refractivity contribution >= 4 is 28.9 Å². The van der Waals surface area contributed by atoms with Crippen LogP contribution in [-0.4, -0.2) is 63.9 Å². The standard InChI is InChI=1S/C23H30ClN3O3/c1-29-17-18-30-23-20(24)9-5-10-21(23)25-22(28)11-6-12-26-13-15-27(16-14-26)19-7-3-2-4-8-19/h2-5,7-10H,6,11-18H2,1H3,(H,25,28). The van der Waals surface area contributed by atoms with E-state index >= 15 is 0 Å². The van der Waals surface area contributed by atoms with Crippen molar-refractivity contribution in [2.45, 2.75) is 12.8 Å². The van der Waals surface area contributed by atoms with E-state index < -0.39 is 0 Å². The van der Waals surface area contributed by atoms with Crippen LogP contribution in [0.5, 0.6) is 5.75 Å². The summed E-state index contributed by atoms with van der Waals surface area (Å²) in [7, 11) is 1.61. The van der Waals surface area contributed by atoms with Gasteiger partial charge in [-0.2, -0.15) is 0 Å². The van der Waals surface area contributed by atoms with E-state index in [1.165, 1.54) is 5.69 Å². The SMILES string of the molecule is COCCOc1c(Cl)cccc1NC(=O)CCCN1CCN(c2ccccc2)CC1. The van der Waals surface area contributed by atoms with Crippen LogP contribution in [0.2, 0.25) is 5.02 Å². The summed E-state index contributed by atoms with van der Waals surface area (Å²) in [5.74, 6) is 0.457. The Hall–Kier alpha value is -2.28. The van der Waals surface area contributed by atoms with Crippen molar-refractivity contribution < 1.29 is 14.3 Å². The van der Waals surface area contributed by atoms with Crippen LogP contribution >= 0.6 is 11.6 Å². The van der Waals surface area contributed by atoms with Crippen molar-refractivity contribution in [1.82, 2.24) is 4.90 Å². The van der Waals surface area contributed by atoms with E-state index in [-0.39, 0.29) is 5.91 Å². The highest BCUT2D eigenvalue weighted by molar-refractivity contribution is 6.32. The molecule has 1 saturated heterocycles. The third-order valence-corrected chi connectivity index (χ3v) is 5.44. The zero-order chi connectivity index (χ0) is 21.2. The second-order valence-electron chi connectivity index (χ2n) is 7.27. The fourth-order valence-electron chi connectivity index (χ4n) is 3.53. The minimum absolute atomic E-state index is 0.0308. The minimum atomic E-state index is -0.0308. The Morgan fingerprint density at radius 3 is 2.53 bits per heavy atom. The fourth-order valence-corrected chi connectivity index (χ4v) is 3.75. The van der Waals surface area contributed by atoms with Gasteiger partial charge >= 0.3 is 0 Å². The highest BCUT2D eigenvalue weighted by Gasteiger charge is 2.17. The van der Waals surface area contributed by atoms with Gasteiger partial charge in [-0.05, 0) is 37.2 Å². The number of piperazine rings is 1. The van der Waals surface area contributed by atoms with Crippen molar-refractivity contribution in [2.75, 3.05) is 63.3 Å². The summed E-state index contributed by atoms with van der Waals surface area (Å²) < 4.78 is 10.7. The lowest BCUT2D eigenvalue weighted by molar-refractivity contribution is -0.116. The molecule has 7 heteroatoms. The summed E-state index contributed by atoms with van der Waals surface area (Å²) in [6.45, 7) is 5.81. The first-order valence-corrected chi connectivity index (χ1v) is 10.8. The van der Waals surface area contributed by atoms with Gasteiger partial charge in [0.25, 0.3) is 0 Å². The second-order valence-corrected chi connectivity index (χ2v) is 7.68. The number of benzene rings is 2. The van der Waals surface area contributed by atoms with Crippen LogP contribution < -0.4 is 15.0 Å². The number of hydrogen-bond donors (Lipinski definition) is 1. The van der Waals surface area contributed by atoms with Crippen molar-refractivity contribution in [3.8, 4) is 5.75 Å². The lowest BCUT2D eigenvalue weighted by Crippen LogP contribution is -2.46. The molecule has 2 aromatic rings. The van der Waals surface area contributed by atoms with Crippen LogP contribution in [0.3, 0.4) is 0 Å². The highest BCUT2D eigenvalue weighted by Crippen LogP contribution is 2.33. The average molecular weight is 432 g/mol. The number of halogens is 1. The third kappa shape index (κ3) is 6.62. The maximum atomic E-state index is 12.4. The molecule has 3 rings (SSSR count). The predicted molar refractivity (Wildman–Crippen MR) is 122 cm³/mol. The number of carbonyl (C=O) groups excluding carboxylic acids is 1. The molecule has 1 aliphatic heterocycles. The minimum Gasteiger partial charge on any atom is -0.487 e. The molecule has 1 fully saturated rings. The number of nitrogens with one attached hydrogen (secondary N) is 1. The van der Waals surface area contributed by atoms with E-state index in [1.807, 2.05) is 6.07 Å². The molecule has 6 nitrogen and oxygen atoms in total. The van der Waals surface area contributed by atoms with Gasteiger partial charge in [0.2, 0.25) is 5.91 Å². The van der Waals surface area contributed by atoms with Gasteiger partial charge in [-0.1, -0.05) is 35.9 Å². The topological polar surface area (TPSA) is 54.0 Å². The number of ether oxygens (including phenoxy) is 2. The molecule has 0 bridgehead atoms. The maximum Gasteiger partial charge on any atom is 0.224 e. The largest absolute Gasteiger partial charge is 0.487 e. The number of carbonyl (C=O) groups is 1. The van der Waals surface area contributed by atoms with E-state index in [0.29, 0.717) is 36.1 Å². The summed E-state index contributed by atoms with van der Waals surface area (Å²) in [5, 5.41) is 3.40. The molecular formula is C23H30ClN3O3. The van der Waals surface area contributed by atoms with Gasteiger partial charge in [-0.3, -0.25) is 9.69 Å². The summed E-state index contributed by atoms with van der Waals surface area (Å²) in [5.41, 5.74) is 1.88. The lowest BCUT2D eigenvalue weighted by atomic mass is 10.2. The summed E-state index contributed by atoms with van der Waals surface area (Å²) in [6.07, 6.45) is 1.28. The van der Waals surface area contributed by atoms with Crippen LogP contribution in [0.25, 0.3) is 0 Å². The smallest absolute Gasteiger partial charge is 0.224 e. The van der Waals surface area contributed by atoms with E-state index in [1.54, 1.807) is 25.3 Å². The number of amides is 1. The molecule has 0 aliphatic carbocycles. The van der Waals surface area contributed by atoms with Crippen molar-refractivity contribution in [3.05, 3.63) is 53.6 Å². The number of nitrogens with zero attached hydrogens (tertiary/aromatic N) is 2. The second kappa shape index (κ2) is 11.8. The number of methoxy groups -OCH3 is 1. The maximum absolute atomic E-state index is 12.4. The quantitative estimate of drug-likeness (QED) is 0.578. The molecule has 0 aromatic heterocycles. The van der Waals surface area contributed by atoms with Crippen molar-refractivity contribution in [1.29, 1.82) is 0 Å². The molecule has 0 radical (unpaired) electrons. The predicted octanol–water partition coefficient (Wildman–Crippen LogP) is 3.91. The first-order chi connectivity index (χ1) is 14.7. The van der Waals surface area contributed by atoms with Crippen molar-refractivity contribution in [2.24, 2.45) is 0 Å². The van der Waals surface area contributed by atoms with E-state index in [2.05, 4.69) is 39.4 Å². The highest BCUT2D eigenvalue weighted by atomic mass is 35.5. The fraction of sp³-hybridized carbons (Fsp3) is 0.435. The first kappa shape index (κ1) is 22.4. The summed E-state index contributed by atoms with van der Waals surface area (Å²) in [4.78, 5) is 17.3. The normalized spacial score (nSPS) is 14.5. The average Bonchev–Trinajstić information content (AvgIpc) is 2.77. The van der Waals surface area contributed by atoms with Gasteiger partial charge in [0, 0.05) is 45.4 Å². The van der Waals surface area contributed by atoms with Crippen molar-refractivity contribution in [3.63, 3.8) is 0 Å². The Morgan fingerprint density at radius 2 is 1.80 bits per heavy atom. The molecule has 1 amide bonds. The van der Waals surface area contributed by atoms with Gasteiger partial charge < -0.3 is 19.7 Å². The molecular weight excluding hydrogens is 402 g/mol. The molecule has 1 heterocycles. The van der Waals surface area contributed by atoms with Gasteiger partial charge in [0.05, 0.1) is 17.3 Å². The molecule has 0 spiro atoms. The Balaban J connectivity index is 1.40. The molecule has 0 unspecified atom stereocenters. The van der Waals surface area contributed by atoms with Crippen LogP contribution in [0.1, 0.15) is 12.8 Å². The van der Waals surface area contributed by atoms with Crippen LogP contribution in [-0.2, 0) is 9.53 Å². The molecule has 2 aromatic carbocycles. The van der Waals surface area contributed by atoms with E-state index in [4.69, 9.17) is 21.1 Å². The number of anilines is 2. The monoisotopic (exact) mass is 431 g/mol. The Morgan fingerprint density at radius 1 is 1.03 bits per heavy atom. The Bertz CT molecular complexity index is 796. The summed E-state index contributed by atoms with van der Waals surface area (Å²) >= 11 is 6.23. The number of hydrogen-bond acceptors (Lipinski definition) is 5. The van der Waals surface area contributed by atoms with Gasteiger partial charge in [-0.15, -0.1) is 0 Å². The lowest BCUT2D eigenvalue weighted by Gasteiger charge is -2.36. The van der Waals surface area contributed by atoms with Gasteiger partial charge in [-0.25, -0.2) is 0 Å². The molecule has 0 atom stereocenters. The molecule has 30 heavy (non-hydrogen) atoms. The molecule has 0 saturated carbocycles. The van der Waals surface area contributed by atoms with Crippen LogP contribution in [0.15, 0.2) is 48.5 Å².